The molecule has 9 amide bonds. The predicted octanol–water partition coefficient (Wildman–Crippen LogP) is -1.52. The van der Waals surface area contributed by atoms with E-state index in [2.05, 4.69) is 53.2 Å². The van der Waals surface area contributed by atoms with Gasteiger partial charge >= 0.3 is 23.9 Å². The summed E-state index contributed by atoms with van der Waals surface area (Å²) < 4.78 is 6.10. The number of amides is 9. The Kier molecular flexibility index (Phi) is 32.3. The van der Waals surface area contributed by atoms with Crippen LogP contribution in [0, 0.1) is 5.41 Å². The minimum Gasteiger partial charge on any atom is -0.508 e. The second-order valence-electron chi connectivity index (χ2n) is 22.4. The number of urea groups is 1. The molecular weight excluding hydrogens is 1210 g/mol. The number of phenols is 1. The van der Waals surface area contributed by atoms with Gasteiger partial charge in [-0.15, -0.1) is 0 Å². The molecule has 3 aromatic rings. The van der Waals surface area contributed by atoms with Gasteiger partial charge < -0.3 is 73.0 Å². The summed E-state index contributed by atoms with van der Waals surface area (Å²) in [5.41, 5.74) is 1.92. The van der Waals surface area contributed by atoms with Gasteiger partial charge in [0.15, 0.2) is 5.96 Å². The van der Waals surface area contributed by atoms with E-state index < -0.39 is 77.5 Å². The first kappa shape index (κ1) is 74.3. The number of carbonyl (C=O) groups is 11. The van der Waals surface area contributed by atoms with Crippen molar-refractivity contribution in [3.63, 3.8) is 0 Å². The van der Waals surface area contributed by atoms with Crippen molar-refractivity contribution in [1.29, 1.82) is 5.41 Å². The molecule has 0 aromatic heterocycles. The zero-order valence-electron chi connectivity index (χ0n) is 52.4. The van der Waals surface area contributed by atoms with Crippen molar-refractivity contribution < 1.29 is 77.9 Å². The second-order valence-corrected chi connectivity index (χ2v) is 22.4. The van der Waals surface area contributed by atoms with E-state index in [1.807, 2.05) is 6.07 Å². The zero-order valence-corrected chi connectivity index (χ0v) is 52.4. The van der Waals surface area contributed by atoms with Gasteiger partial charge in [-0.2, -0.15) is 0 Å². The number of ether oxygens (including phenoxy) is 1. The molecule has 0 spiro atoms. The van der Waals surface area contributed by atoms with Crippen LogP contribution < -0.4 is 57.9 Å². The maximum atomic E-state index is 14.5. The van der Waals surface area contributed by atoms with Crippen LogP contribution >= 0.6 is 0 Å². The second kappa shape index (κ2) is 40.4. The van der Waals surface area contributed by atoms with E-state index in [0.29, 0.717) is 48.1 Å². The molecule has 31 heteroatoms. The summed E-state index contributed by atoms with van der Waals surface area (Å²) in [4.78, 5) is 146. The van der Waals surface area contributed by atoms with E-state index in [9.17, 15) is 73.2 Å². The van der Waals surface area contributed by atoms with Gasteiger partial charge in [-0.3, -0.25) is 78.3 Å². The van der Waals surface area contributed by atoms with Gasteiger partial charge in [-0.05, 0) is 79.5 Å². The molecule has 2 saturated heterocycles. The van der Waals surface area contributed by atoms with Crippen LogP contribution in [-0.2, 0) is 54.5 Å². The summed E-state index contributed by atoms with van der Waals surface area (Å²) in [7, 11) is 0. The van der Waals surface area contributed by atoms with Crippen LogP contribution in [0.15, 0.2) is 78.9 Å². The standard InChI is InChI=1S/C62H89N15O16/c1-2-50(79)66-24-25-68-62(92)73-61(63)67-23-10-15-47(57(88)69-37-42-17-19-45(78)20-18-42)71-60(91)56(43-11-4-3-5-12-43)44-13-8-14-46(35-44)93-34-7-6-21-64-51(80)36-49-59(90)70-48(58(89)72-49)16-9-22-65-52(81)38-74-26-28-75(39-53(82)83)30-32-77(41-55(86)87)33-31-76(29-27-74)40-54(84)85/h3-5,8,11-14,17-20,35,47-49,56,78H,2,6-7,9-10,15-16,21-34,36-41H2,1H3,(H,64,80)(H,65,81)(H,66,79)(H,69,88)(H,70,90)(H,71,91)(H,72,89)(H,82,83)(H,84,85)(H,86,87)(H4,63,67,68,73,92)/t47-,48-,49-,56?/m1/s1. The SMILES string of the molecule is CCC(=O)NCCNC(=O)NC(=N)NCCC[C@@H](NC(=O)C(c1ccccc1)c1cccc(OCCCCNC(=O)C[C@H]2NC(=O)[C@@H](CCCNC(=O)CN3CCN(CC(=O)O)CCN(CC(=O)O)CCN(CC(=O)O)CC3)NC2=O)c1)C(=O)NCc1ccc(O)cc1. The molecule has 0 saturated carbocycles. The summed E-state index contributed by atoms with van der Waals surface area (Å²) in [5, 5.41) is 73.3. The molecule has 4 atom stereocenters. The summed E-state index contributed by atoms with van der Waals surface area (Å²) in [6, 6.07) is 18.6. The Morgan fingerprint density at radius 3 is 1.72 bits per heavy atom. The fourth-order valence-corrected chi connectivity index (χ4v) is 10.1. The zero-order chi connectivity index (χ0) is 67.5. The average Bonchev–Trinajstić information content (AvgIpc) is 0.899. The lowest BCUT2D eigenvalue weighted by molar-refractivity contribution is -0.140. The minimum absolute atomic E-state index is 0.0608. The molecule has 5 rings (SSSR count). The summed E-state index contributed by atoms with van der Waals surface area (Å²) in [6.07, 6.45) is 1.91. The lowest BCUT2D eigenvalue weighted by Crippen LogP contribution is -2.62. The first-order valence-corrected chi connectivity index (χ1v) is 31.1. The topological polar surface area (TPSA) is 435 Å². The Bertz CT molecular complexity index is 2950. The lowest BCUT2D eigenvalue weighted by Gasteiger charge is -2.32. The monoisotopic (exact) mass is 1300 g/mol. The van der Waals surface area contributed by atoms with Gasteiger partial charge in [0.2, 0.25) is 41.4 Å². The molecule has 15 N–H and O–H groups in total. The first-order valence-electron chi connectivity index (χ1n) is 31.1. The average molecular weight is 1300 g/mol. The van der Waals surface area contributed by atoms with E-state index in [1.165, 1.54) is 12.1 Å². The third kappa shape index (κ3) is 29.1. The summed E-state index contributed by atoms with van der Waals surface area (Å²) in [5.74, 6) is -6.83. The molecule has 2 aliphatic heterocycles. The quantitative estimate of drug-likeness (QED) is 0.0181. The molecule has 31 nitrogen and oxygen atoms in total. The summed E-state index contributed by atoms with van der Waals surface area (Å²) >= 11 is 0. The number of phenolic OH excluding ortho intramolecular Hbond substituents is 1. The number of nitrogens with one attached hydrogen (secondary N) is 11. The van der Waals surface area contributed by atoms with Gasteiger partial charge in [-0.1, -0.05) is 61.5 Å². The molecule has 2 aliphatic rings. The molecule has 2 heterocycles. The number of aliphatic carboxylic acids is 3. The highest BCUT2D eigenvalue weighted by molar-refractivity contribution is 5.99. The van der Waals surface area contributed by atoms with Gasteiger partial charge in [0, 0.05) is 98.0 Å². The van der Waals surface area contributed by atoms with Crippen LogP contribution in [0.5, 0.6) is 11.5 Å². The number of carbonyl (C=O) groups excluding carboxylic acids is 8. The van der Waals surface area contributed by atoms with Crippen molar-refractivity contribution in [2.75, 3.05) is 118 Å². The smallest absolute Gasteiger partial charge is 0.321 e. The van der Waals surface area contributed by atoms with E-state index in [0.717, 1.165) is 0 Å². The van der Waals surface area contributed by atoms with Crippen LogP contribution in [0.2, 0.25) is 0 Å². The number of piperazine rings is 1. The van der Waals surface area contributed by atoms with Gasteiger partial charge in [0.25, 0.3) is 0 Å². The largest absolute Gasteiger partial charge is 0.508 e. The third-order valence-electron chi connectivity index (χ3n) is 15.1. The maximum absolute atomic E-state index is 14.5. The summed E-state index contributed by atoms with van der Waals surface area (Å²) in [6.45, 7) is 3.93. The van der Waals surface area contributed by atoms with Crippen molar-refractivity contribution in [2.45, 2.75) is 88.9 Å². The number of aromatic hydroxyl groups is 1. The number of hydrogen-bond donors (Lipinski definition) is 15. The molecule has 1 unspecified atom stereocenters. The number of carboxylic acids is 3. The van der Waals surface area contributed by atoms with Crippen molar-refractivity contribution in [1.82, 2.24) is 72.8 Å². The van der Waals surface area contributed by atoms with E-state index >= 15 is 0 Å². The highest BCUT2D eigenvalue weighted by Crippen LogP contribution is 2.28. The van der Waals surface area contributed by atoms with Crippen molar-refractivity contribution >= 4 is 71.2 Å². The van der Waals surface area contributed by atoms with Crippen LogP contribution in [0.25, 0.3) is 0 Å². The first-order chi connectivity index (χ1) is 44.6. The predicted molar refractivity (Wildman–Crippen MR) is 339 cm³/mol. The van der Waals surface area contributed by atoms with Crippen LogP contribution in [0.3, 0.4) is 0 Å². The Morgan fingerprint density at radius 2 is 1.11 bits per heavy atom. The molecule has 0 bridgehead atoms. The van der Waals surface area contributed by atoms with Crippen molar-refractivity contribution in [3.05, 3.63) is 95.6 Å². The van der Waals surface area contributed by atoms with E-state index in [1.54, 1.807) is 87.2 Å². The number of guanidine groups is 1. The minimum atomic E-state index is -1.11. The van der Waals surface area contributed by atoms with Crippen molar-refractivity contribution in [3.8, 4) is 11.5 Å². The maximum Gasteiger partial charge on any atom is 0.321 e. The highest BCUT2D eigenvalue weighted by Gasteiger charge is 2.35. The van der Waals surface area contributed by atoms with E-state index in [4.69, 9.17) is 10.1 Å². The molecule has 93 heavy (non-hydrogen) atoms. The molecule has 0 aliphatic carbocycles. The Balaban J connectivity index is 1.05. The fourth-order valence-electron chi connectivity index (χ4n) is 10.1. The molecule has 0 radical (unpaired) electrons. The van der Waals surface area contributed by atoms with Crippen LogP contribution in [0.1, 0.15) is 80.9 Å². The van der Waals surface area contributed by atoms with Crippen molar-refractivity contribution in [2.24, 2.45) is 0 Å². The fraction of sp³-hybridized carbons (Fsp3) is 0.516. The number of hydrogen-bond acceptors (Lipinski definition) is 18. The number of rotatable bonds is 35. The lowest BCUT2D eigenvalue weighted by atomic mass is 9.90. The highest BCUT2D eigenvalue weighted by atomic mass is 16.5. The van der Waals surface area contributed by atoms with Crippen LogP contribution in [0.4, 0.5) is 4.79 Å². The Morgan fingerprint density at radius 1 is 0.570 bits per heavy atom. The van der Waals surface area contributed by atoms with Gasteiger partial charge in [-0.25, -0.2) is 4.79 Å². The third-order valence-corrected chi connectivity index (χ3v) is 15.1. The van der Waals surface area contributed by atoms with Gasteiger partial charge in [0.1, 0.15) is 29.6 Å². The number of nitrogens with zero attached hydrogens (tertiary/aromatic N) is 4. The number of unbranched alkanes of at least 4 members (excludes halogenated alkanes) is 1. The van der Waals surface area contributed by atoms with E-state index in [-0.39, 0.29) is 174 Å². The molecular formula is C62H89N15O16. The number of carboxylic acid groups (broad SMARTS) is 3. The molecule has 2 fully saturated rings. The Hall–Kier alpha value is -9.46. The van der Waals surface area contributed by atoms with Gasteiger partial charge in [0.05, 0.1) is 45.1 Å². The molecule has 3 aromatic carbocycles. The Labute approximate surface area is 539 Å². The number of benzene rings is 3. The normalized spacial score (nSPS) is 16.6. The van der Waals surface area contributed by atoms with Crippen LogP contribution in [-0.4, -0.2) is 247 Å². The molecule has 508 valence electrons.